The van der Waals surface area contributed by atoms with Gasteiger partial charge in [-0.2, -0.15) is 11.8 Å². The summed E-state index contributed by atoms with van der Waals surface area (Å²) < 4.78 is 37.9. The van der Waals surface area contributed by atoms with Crippen LogP contribution in [0.4, 0.5) is 4.79 Å². The Labute approximate surface area is 390 Å². The van der Waals surface area contributed by atoms with Crippen molar-refractivity contribution >= 4 is 29.7 Å². The molecule has 0 aromatic carbocycles. The van der Waals surface area contributed by atoms with Crippen molar-refractivity contribution < 1.29 is 73.4 Å². The number of nitrogens with one attached hydrogen (secondary N) is 3. The molecule has 65 heavy (non-hydrogen) atoms. The number of rotatable bonds is 20. The Kier molecular flexibility index (Phi) is 16.7. The van der Waals surface area contributed by atoms with Gasteiger partial charge in [0.25, 0.3) is 0 Å². The summed E-state index contributed by atoms with van der Waals surface area (Å²) in [6.07, 6.45) is 0.439. The number of carbonyl (C=O) groups is 3. The highest BCUT2D eigenvalue weighted by Crippen LogP contribution is 2.52. The van der Waals surface area contributed by atoms with Gasteiger partial charge in [-0.1, -0.05) is 20.3 Å². The van der Waals surface area contributed by atoms with Crippen LogP contribution in [0, 0.1) is 17.3 Å². The third-order valence-corrected chi connectivity index (χ3v) is 16.5. The Morgan fingerprint density at radius 2 is 1.57 bits per heavy atom. The molecule has 9 N–H and O–H groups in total. The van der Waals surface area contributed by atoms with Crippen molar-refractivity contribution in [2.75, 3.05) is 45.4 Å². The van der Waals surface area contributed by atoms with Crippen LogP contribution in [0.3, 0.4) is 0 Å². The van der Waals surface area contributed by atoms with E-state index in [0.29, 0.717) is 6.42 Å². The van der Waals surface area contributed by atoms with Gasteiger partial charge < -0.3 is 75.0 Å². The fourth-order valence-electron chi connectivity index (χ4n) is 10.9. The number of thioether (sulfide) groups is 1. The standard InChI is InChI=1S/C46H83N3O15S/c1-27-40(9,23-51)64-42(11,46(15,58)44(27,13)57)26-60-24-39(8,22-50)34(47-28(2)52)41(10,62-37(3,4)5)25-59-20-31-38(6,7)63-45(14,35(54)43(31,12)56)61-32(53)19-17-16-18-30-33-29(21-65-30)48-36(55)49-33/h27,29-31,33-35,50-51,54,56-58H,16-26H2,1-15H3,(H,47,52)(H2,48,49,55)/t27-,29+,30?,31-,33+,34?,35?,39?,40?,41-,42+,43?,44?,45+,46?/m1/s1. The van der Waals surface area contributed by atoms with Crippen LogP contribution in [0.25, 0.3) is 0 Å². The Balaban J connectivity index is 1.47. The van der Waals surface area contributed by atoms with E-state index >= 15 is 0 Å². The Morgan fingerprint density at radius 1 is 0.938 bits per heavy atom. The van der Waals surface area contributed by atoms with Gasteiger partial charge >= 0.3 is 12.0 Å². The third kappa shape index (κ3) is 11.4. The molecule has 8 unspecified atom stereocenters. The fraction of sp³-hybridized carbons (Fsp3) is 0.935. The summed E-state index contributed by atoms with van der Waals surface area (Å²) >= 11 is 1.80. The number of aliphatic hydroxyl groups is 6. The summed E-state index contributed by atoms with van der Waals surface area (Å²) in [5.41, 5.74) is -13.0. The molecule has 0 radical (unpaired) electrons. The first-order valence-corrected chi connectivity index (χ1v) is 24.1. The minimum atomic E-state index is -1.91. The van der Waals surface area contributed by atoms with Crippen LogP contribution in [-0.4, -0.2) is 174 Å². The van der Waals surface area contributed by atoms with Crippen molar-refractivity contribution in [3.05, 3.63) is 0 Å². The van der Waals surface area contributed by atoms with Gasteiger partial charge in [0.2, 0.25) is 11.7 Å². The summed E-state index contributed by atoms with van der Waals surface area (Å²) in [5, 5.41) is 77.7. The van der Waals surface area contributed by atoms with E-state index in [2.05, 4.69) is 16.0 Å². The molecule has 4 saturated heterocycles. The number of carbonyl (C=O) groups excluding carboxylic acids is 3. The molecule has 4 fully saturated rings. The molecule has 4 heterocycles. The van der Waals surface area contributed by atoms with Gasteiger partial charge in [0.05, 0.1) is 80.2 Å². The monoisotopic (exact) mass is 950 g/mol. The zero-order valence-corrected chi connectivity index (χ0v) is 42.4. The maximum Gasteiger partial charge on any atom is 0.315 e. The number of unbranched alkanes of at least 4 members (excludes halogenated alkanes) is 1. The zero-order valence-electron chi connectivity index (χ0n) is 41.6. The molecule has 19 heteroatoms. The van der Waals surface area contributed by atoms with E-state index < -0.39 is 105 Å². The molecule has 0 aliphatic carbocycles. The number of hydrogen-bond donors (Lipinski definition) is 9. The summed E-state index contributed by atoms with van der Waals surface area (Å²) in [4.78, 5) is 37.9. The van der Waals surface area contributed by atoms with E-state index in [4.69, 9.17) is 28.4 Å². The lowest BCUT2D eigenvalue weighted by molar-refractivity contribution is -0.381. The maximum absolute atomic E-state index is 13.2. The molecule has 4 rings (SSSR count). The fourth-order valence-corrected chi connectivity index (χ4v) is 12.4. The number of aliphatic hydroxyl groups excluding tert-OH is 3. The van der Waals surface area contributed by atoms with E-state index in [-0.39, 0.29) is 56.2 Å². The molecule has 378 valence electrons. The van der Waals surface area contributed by atoms with Crippen LogP contribution in [0.2, 0.25) is 0 Å². The second-order valence-corrected chi connectivity index (χ2v) is 23.7. The molecular weight excluding hydrogens is 867 g/mol. The second kappa shape index (κ2) is 19.5. The number of hydrogen-bond acceptors (Lipinski definition) is 16. The Hall–Kier alpha value is -1.88. The van der Waals surface area contributed by atoms with Crippen molar-refractivity contribution in [3.63, 3.8) is 0 Å². The molecule has 0 spiro atoms. The summed E-state index contributed by atoms with van der Waals surface area (Å²) in [5.74, 6) is -3.66. The van der Waals surface area contributed by atoms with Gasteiger partial charge in [0, 0.05) is 48.5 Å². The lowest BCUT2D eigenvalue weighted by Gasteiger charge is -2.62. The van der Waals surface area contributed by atoms with E-state index in [0.717, 1.165) is 18.6 Å². The van der Waals surface area contributed by atoms with E-state index in [1.807, 2.05) is 20.8 Å². The molecule has 18 nitrogen and oxygen atoms in total. The zero-order chi connectivity index (χ0) is 49.6. The van der Waals surface area contributed by atoms with Crippen molar-refractivity contribution in [2.24, 2.45) is 17.3 Å². The molecule has 0 aromatic heterocycles. The molecule has 3 amide bonds. The highest BCUT2D eigenvalue weighted by Gasteiger charge is 2.68. The molecule has 4 aliphatic rings. The number of amides is 3. The number of urea groups is 1. The van der Waals surface area contributed by atoms with Crippen LogP contribution in [-0.2, 0) is 38.0 Å². The number of esters is 1. The quantitative estimate of drug-likeness (QED) is 0.0482. The van der Waals surface area contributed by atoms with Gasteiger partial charge in [0.15, 0.2) is 0 Å². The largest absolute Gasteiger partial charge is 0.430 e. The molecule has 0 saturated carbocycles. The first-order valence-electron chi connectivity index (χ1n) is 23.0. The van der Waals surface area contributed by atoms with E-state index in [1.165, 1.54) is 34.6 Å². The van der Waals surface area contributed by atoms with Crippen molar-refractivity contribution in [1.29, 1.82) is 0 Å². The van der Waals surface area contributed by atoms with Crippen LogP contribution < -0.4 is 16.0 Å². The number of ether oxygens (including phenoxy) is 6. The Morgan fingerprint density at radius 3 is 2.14 bits per heavy atom. The predicted molar refractivity (Wildman–Crippen MR) is 243 cm³/mol. The van der Waals surface area contributed by atoms with Gasteiger partial charge in [-0.15, -0.1) is 0 Å². The van der Waals surface area contributed by atoms with Crippen LogP contribution in [0.1, 0.15) is 130 Å². The highest BCUT2D eigenvalue weighted by molar-refractivity contribution is 8.00. The van der Waals surface area contributed by atoms with Crippen molar-refractivity contribution in [1.82, 2.24) is 16.0 Å². The minimum Gasteiger partial charge on any atom is -0.430 e. The van der Waals surface area contributed by atoms with E-state index in [9.17, 15) is 45.0 Å². The topological polar surface area (TPSA) is 264 Å². The molecule has 0 aromatic rings. The van der Waals surface area contributed by atoms with Crippen LogP contribution in [0.15, 0.2) is 0 Å². The highest BCUT2D eigenvalue weighted by atomic mass is 32.2. The van der Waals surface area contributed by atoms with Crippen molar-refractivity contribution in [2.45, 2.75) is 210 Å². The smallest absolute Gasteiger partial charge is 0.315 e. The molecular formula is C46H83N3O15S. The van der Waals surface area contributed by atoms with Crippen molar-refractivity contribution in [3.8, 4) is 0 Å². The van der Waals surface area contributed by atoms with Gasteiger partial charge in [0.1, 0.15) is 28.5 Å². The lowest BCUT2D eigenvalue weighted by atomic mass is 9.61. The van der Waals surface area contributed by atoms with Crippen LogP contribution in [0.5, 0.6) is 0 Å². The Bertz CT molecular complexity index is 1690. The normalized spacial score (nSPS) is 40.5. The third-order valence-electron chi connectivity index (χ3n) is 15.0. The van der Waals surface area contributed by atoms with Gasteiger partial charge in [-0.25, -0.2) is 4.79 Å². The first kappa shape index (κ1) is 55.7. The SMILES string of the molecule is CC(=O)NC(C(C)(CO)COC[C@]1(C)OC(C)(CO)[C@@H](C)C(C)(O)C1(C)O)[C@@](C)(COC[C@@H]1C(C)(C)O[C@](C)(OC(=O)CCCCC2SC[C@@H]3NC(=O)N[C@H]23)C(O)C1(C)O)OC(C)(C)C. The van der Waals surface area contributed by atoms with E-state index in [1.54, 1.807) is 60.2 Å². The number of fused-ring (bicyclic) bond motifs is 1. The van der Waals surface area contributed by atoms with Gasteiger partial charge in [-0.05, 0) is 89.0 Å². The molecule has 15 atom stereocenters. The summed E-state index contributed by atoms with van der Waals surface area (Å²) in [6, 6.07) is -0.969. The molecule has 4 aliphatic heterocycles. The second-order valence-electron chi connectivity index (χ2n) is 22.5. The summed E-state index contributed by atoms with van der Waals surface area (Å²) in [6.45, 7) is 22.6. The first-order chi connectivity index (χ1) is 29.5. The summed E-state index contributed by atoms with van der Waals surface area (Å²) in [7, 11) is 0. The minimum absolute atomic E-state index is 0.0644. The molecule has 0 bridgehead atoms. The van der Waals surface area contributed by atoms with Gasteiger partial charge in [-0.3, -0.25) is 9.59 Å². The average Bonchev–Trinajstić information content (AvgIpc) is 3.72. The average molecular weight is 950 g/mol. The lowest BCUT2D eigenvalue weighted by Crippen LogP contribution is -2.78. The predicted octanol–water partition coefficient (Wildman–Crippen LogP) is 2.30. The maximum atomic E-state index is 13.2. The van der Waals surface area contributed by atoms with Crippen LogP contribution >= 0.6 is 11.8 Å².